The molecule has 0 N–H and O–H groups in total. The van der Waals surface area contributed by atoms with Gasteiger partial charge in [0, 0.05) is 22.4 Å². The van der Waals surface area contributed by atoms with E-state index in [4.69, 9.17) is 0 Å². The van der Waals surface area contributed by atoms with Crippen molar-refractivity contribution in [2.24, 2.45) is 0 Å². The summed E-state index contributed by atoms with van der Waals surface area (Å²) >= 11 is 0. The first kappa shape index (κ1) is 34.7. The fourth-order valence-corrected chi connectivity index (χ4v) is 9.48. The zero-order valence-electron chi connectivity index (χ0n) is 32.3. The highest BCUT2D eigenvalue weighted by Crippen LogP contribution is 2.58. The van der Waals surface area contributed by atoms with Gasteiger partial charge in [-0.3, -0.25) is 0 Å². The number of benzene rings is 10. The topological polar surface area (TPSA) is 3.24 Å². The molecule has 0 unspecified atom stereocenters. The van der Waals surface area contributed by atoms with Crippen molar-refractivity contribution < 1.29 is 4.39 Å². The second-order valence-corrected chi connectivity index (χ2v) is 15.4. The summed E-state index contributed by atoms with van der Waals surface area (Å²) in [6.45, 7) is 0. The smallest absolute Gasteiger partial charge is 0.131 e. The Hall–Kier alpha value is -7.55. The highest BCUT2D eigenvalue weighted by molar-refractivity contribution is 6.05. The summed E-state index contributed by atoms with van der Waals surface area (Å²) in [6.07, 6.45) is 0. The summed E-state index contributed by atoms with van der Waals surface area (Å²) < 4.78 is 16.3. The molecule has 1 aliphatic rings. The number of hydrogen-bond acceptors (Lipinski definition) is 1. The molecule has 1 aliphatic carbocycles. The maximum Gasteiger partial charge on any atom is 0.131 e. The van der Waals surface area contributed by atoms with Gasteiger partial charge < -0.3 is 4.90 Å². The summed E-state index contributed by atoms with van der Waals surface area (Å²) in [6, 6.07) is 81.2. The Balaban J connectivity index is 1.07. The molecule has 0 amide bonds. The van der Waals surface area contributed by atoms with Crippen LogP contribution in [0.15, 0.2) is 231 Å². The van der Waals surface area contributed by atoms with Gasteiger partial charge in [-0.2, -0.15) is 0 Å². The van der Waals surface area contributed by atoms with Crippen LogP contribution in [0.2, 0.25) is 0 Å². The van der Waals surface area contributed by atoms with Crippen LogP contribution in [0, 0.1) is 5.82 Å². The van der Waals surface area contributed by atoms with Crippen LogP contribution in [0.5, 0.6) is 0 Å². The van der Waals surface area contributed by atoms with Crippen molar-refractivity contribution in [1.82, 2.24) is 0 Å². The van der Waals surface area contributed by atoms with Gasteiger partial charge in [-0.1, -0.05) is 182 Å². The normalized spacial score (nSPS) is 12.6. The molecule has 0 atom stereocenters. The molecule has 0 aliphatic heterocycles. The molecule has 0 radical (unpaired) electrons. The zero-order chi connectivity index (χ0) is 39.3. The maximum absolute atomic E-state index is 16.3. The van der Waals surface area contributed by atoms with Crippen molar-refractivity contribution in [2.75, 3.05) is 4.90 Å². The molecule has 0 heterocycles. The van der Waals surface area contributed by atoms with Crippen LogP contribution < -0.4 is 4.90 Å². The zero-order valence-corrected chi connectivity index (χ0v) is 32.3. The van der Waals surface area contributed by atoms with Crippen LogP contribution >= 0.6 is 0 Å². The summed E-state index contributed by atoms with van der Waals surface area (Å²) in [5.74, 6) is -0.204. The van der Waals surface area contributed by atoms with Crippen molar-refractivity contribution in [3.63, 3.8) is 0 Å². The lowest BCUT2D eigenvalue weighted by atomic mass is 9.67. The molecule has 278 valence electrons. The number of halogens is 1. The van der Waals surface area contributed by atoms with E-state index in [0.717, 1.165) is 67.0 Å². The fraction of sp³-hybridized carbons (Fsp3) is 0.0175. The van der Waals surface area contributed by atoms with Gasteiger partial charge in [-0.05, 0) is 120 Å². The lowest BCUT2D eigenvalue weighted by Gasteiger charge is -2.34. The number of rotatable bonds is 7. The van der Waals surface area contributed by atoms with Gasteiger partial charge in [0.2, 0.25) is 0 Å². The Morgan fingerprint density at radius 1 is 0.339 bits per heavy atom. The van der Waals surface area contributed by atoms with Gasteiger partial charge in [-0.25, -0.2) is 4.39 Å². The Labute approximate surface area is 343 Å². The summed E-state index contributed by atoms with van der Waals surface area (Å²) in [7, 11) is 0. The first-order valence-corrected chi connectivity index (χ1v) is 20.2. The molecular formula is C57H38FN. The minimum atomic E-state index is -0.729. The van der Waals surface area contributed by atoms with Crippen molar-refractivity contribution >= 4 is 38.6 Å². The van der Waals surface area contributed by atoms with Crippen molar-refractivity contribution in [2.45, 2.75) is 5.41 Å². The molecule has 10 aromatic carbocycles. The monoisotopic (exact) mass is 755 g/mol. The largest absolute Gasteiger partial charge is 0.310 e. The molecule has 1 nitrogen and oxygen atoms in total. The van der Waals surface area contributed by atoms with E-state index in [1.807, 2.05) is 18.2 Å². The standard InChI is InChI=1S/C57H38FN/c58-55-38-54-56(51-23-13-12-22-50(51)55)52-35-29-44(37-53(52)57(54,45-18-6-2-7-19-45)46-20-8-3-9-21-46)42-26-32-48(33-27-42)59(49-34-28-40-16-10-11-17-43(40)36-49)47-30-24-41(25-31-47)39-14-4-1-5-15-39/h1-38H. The Kier molecular flexibility index (Phi) is 8.30. The molecule has 0 aromatic heterocycles. The van der Waals surface area contributed by atoms with E-state index >= 15 is 4.39 Å². The van der Waals surface area contributed by atoms with Crippen LogP contribution in [0.4, 0.5) is 21.5 Å². The van der Waals surface area contributed by atoms with Crippen LogP contribution in [0.1, 0.15) is 22.3 Å². The molecule has 2 heteroatoms. The Bertz CT molecular complexity index is 3100. The van der Waals surface area contributed by atoms with Crippen molar-refractivity contribution in [3.05, 3.63) is 259 Å². The number of nitrogens with zero attached hydrogens (tertiary/aromatic N) is 1. The SMILES string of the molecule is Fc1cc2c(c3ccccc13)-c1ccc(-c3ccc(N(c4ccc(-c5ccccc5)cc4)c4ccc5ccccc5c4)cc3)cc1C2(c1ccccc1)c1ccccc1. The number of anilines is 3. The molecule has 0 saturated carbocycles. The first-order chi connectivity index (χ1) is 29.2. The second-order valence-electron chi connectivity index (χ2n) is 15.4. The summed E-state index contributed by atoms with van der Waals surface area (Å²) in [5, 5.41) is 3.97. The minimum Gasteiger partial charge on any atom is -0.310 e. The molecule has 59 heavy (non-hydrogen) atoms. The van der Waals surface area contributed by atoms with Crippen molar-refractivity contribution in [3.8, 4) is 33.4 Å². The molecule has 0 saturated heterocycles. The van der Waals surface area contributed by atoms with E-state index in [1.54, 1.807) is 6.07 Å². The van der Waals surface area contributed by atoms with Crippen molar-refractivity contribution in [1.29, 1.82) is 0 Å². The van der Waals surface area contributed by atoms with E-state index in [2.05, 4.69) is 211 Å². The fourth-order valence-electron chi connectivity index (χ4n) is 9.48. The summed E-state index contributed by atoms with van der Waals surface area (Å²) in [5.41, 5.74) is 13.7. The maximum atomic E-state index is 16.3. The van der Waals surface area contributed by atoms with Gasteiger partial charge in [0.15, 0.2) is 0 Å². The minimum absolute atomic E-state index is 0.204. The Morgan fingerprint density at radius 3 is 1.47 bits per heavy atom. The van der Waals surface area contributed by atoms with Gasteiger partial charge >= 0.3 is 0 Å². The lowest BCUT2D eigenvalue weighted by molar-refractivity contribution is 0.633. The average molecular weight is 756 g/mol. The Morgan fingerprint density at radius 2 is 0.831 bits per heavy atom. The predicted molar refractivity (Wildman–Crippen MR) is 244 cm³/mol. The molecule has 11 rings (SSSR count). The first-order valence-electron chi connectivity index (χ1n) is 20.2. The third-order valence-corrected chi connectivity index (χ3v) is 12.2. The lowest BCUT2D eigenvalue weighted by Crippen LogP contribution is -2.28. The van der Waals surface area contributed by atoms with Crippen LogP contribution in [-0.2, 0) is 5.41 Å². The third kappa shape index (κ3) is 5.68. The number of hydrogen-bond donors (Lipinski definition) is 0. The van der Waals surface area contributed by atoms with Crippen LogP contribution in [0.3, 0.4) is 0 Å². The van der Waals surface area contributed by atoms with Gasteiger partial charge in [-0.15, -0.1) is 0 Å². The molecule has 0 bridgehead atoms. The van der Waals surface area contributed by atoms with E-state index in [-0.39, 0.29) is 5.82 Å². The van der Waals surface area contributed by atoms with E-state index < -0.39 is 5.41 Å². The van der Waals surface area contributed by atoms with Crippen LogP contribution in [-0.4, -0.2) is 0 Å². The van der Waals surface area contributed by atoms with Crippen LogP contribution in [0.25, 0.3) is 54.9 Å². The van der Waals surface area contributed by atoms with E-state index in [9.17, 15) is 0 Å². The van der Waals surface area contributed by atoms with E-state index in [1.165, 1.54) is 21.9 Å². The van der Waals surface area contributed by atoms with Gasteiger partial charge in [0.1, 0.15) is 5.82 Å². The summed E-state index contributed by atoms with van der Waals surface area (Å²) in [4.78, 5) is 2.33. The molecule has 0 spiro atoms. The highest BCUT2D eigenvalue weighted by atomic mass is 19.1. The highest BCUT2D eigenvalue weighted by Gasteiger charge is 2.47. The predicted octanol–water partition coefficient (Wildman–Crippen LogP) is 15.3. The quantitative estimate of drug-likeness (QED) is 0.157. The third-order valence-electron chi connectivity index (χ3n) is 12.2. The molecule has 0 fully saturated rings. The average Bonchev–Trinajstić information content (AvgIpc) is 3.60. The van der Waals surface area contributed by atoms with Gasteiger partial charge in [0.25, 0.3) is 0 Å². The molecule has 10 aromatic rings. The van der Waals surface area contributed by atoms with Gasteiger partial charge in [0.05, 0.1) is 5.41 Å². The second kappa shape index (κ2) is 14.1. The van der Waals surface area contributed by atoms with E-state index in [0.29, 0.717) is 5.39 Å². The molecular weight excluding hydrogens is 718 g/mol. The number of fused-ring (bicyclic) bond motifs is 6.